The van der Waals surface area contributed by atoms with Crippen LogP contribution < -0.4 is 16.2 Å². The van der Waals surface area contributed by atoms with Crippen LogP contribution in [0.3, 0.4) is 0 Å². The van der Waals surface area contributed by atoms with E-state index in [1.165, 1.54) is 0 Å². The SMILES string of the molecule is CCCn1ccnc(NC(C)C(=O)NC)c1=O. The third kappa shape index (κ3) is 3.30. The Morgan fingerprint density at radius 3 is 2.88 bits per heavy atom. The highest BCUT2D eigenvalue weighted by Gasteiger charge is 2.13. The van der Waals surface area contributed by atoms with Crippen molar-refractivity contribution >= 4 is 11.7 Å². The monoisotopic (exact) mass is 238 g/mol. The van der Waals surface area contributed by atoms with Crippen molar-refractivity contribution in [2.24, 2.45) is 0 Å². The van der Waals surface area contributed by atoms with Gasteiger partial charge in [0, 0.05) is 26.0 Å². The van der Waals surface area contributed by atoms with Gasteiger partial charge in [-0.2, -0.15) is 0 Å². The van der Waals surface area contributed by atoms with Crippen LogP contribution in [0.25, 0.3) is 0 Å². The van der Waals surface area contributed by atoms with Crippen LogP contribution in [0.2, 0.25) is 0 Å². The normalized spacial score (nSPS) is 11.9. The summed E-state index contributed by atoms with van der Waals surface area (Å²) in [5.74, 6) is 0.0224. The molecule has 1 aromatic heterocycles. The molecule has 17 heavy (non-hydrogen) atoms. The van der Waals surface area contributed by atoms with Gasteiger partial charge in [-0.15, -0.1) is 0 Å². The zero-order valence-corrected chi connectivity index (χ0v) is 10.4. The fourth-order valence-electron chi connectivity index (χ4n) is 1.45. The molecule has 1 atom stereocenters. The third-order valence-corrected chi connectivity index (χ3v) is 2.37. The van der Waals surface area contributed by atoms with Crippen molar-refractivity contribution in [3.63, 3.8) is 0 Å². The van der Waals surface area contributed by atoms with E-state index in [0.717, 1.165) is 6.42 Å². The summed E-state index contributed by atoms with van der Waals surface area (Å²) in [5, 5.41) is 5.31. The smallest absolute Gasteiger partial charge is 0.293 e. The summed E-state index contributed by atoms with van der Waals surface area (Å²) in [4.78, 5) is 27.2. The van der Waals surface area contributed by atoms with E-state index in [1.54, 1.807) is 30.9 Å². The zero-order chi connectivity index (χ0) is 12.8. The second kappa shape index (κ2) is 6.03. The minimum Gasteiger partial charge on any atom is -0.357 e. The van der Waals surface area contributed by atoms with Crippen LogP contribution in [-0.4, -0.2) is 28.5 Å². The summed E-state index contributed by atoms with van der Waals surface area (Å²) in [6, 6.07) is -0.488. The van der Waals surface area contributed by atoms with Gasteiger partial charge in [0.2, 0.25) is 5.91 Å². The molecular weight excluding hydrogens is 220 g/mol. The van der Waals surface area contributed by atoms with Gasteiger partial charge >= 0.3 is 0 Å². The molecule has 0 aromatic carbocycles. The molecule has 6 nitrogen and oxygen atoms in total. The number of nitrogens with zero attached hydrogens (tertiary/aromatic N) is 2. The number of nitrogens with one attached hydrogen (secondary N) is 2. The first-order chi connectivity index (χ1) is 8.10. The maximum absolute atomic E-state index is 11.9. The molecule has 0 aliphatic rings. The number of rotatable bonds is 5. The predicted octanol–water partition coefficient (Wildman–Crippen LogP) is 0.200. The first kappa shape index (κ1) is 13.2. The Labute approximate surface area is 100 Å². The van der Waals surface area contributed by atoms with E-state index in [0.29, 0.717) is 6.54 Å². The van der Waals surface area contributed by atoms with Gasteiger partial charge in [0.15, 0.2) is 5.82 Å². The highest BCUT2D eigenvalue weighted by atomic mass is 16.2. The molecule has 0 spiro atoms. The summed E-state index contributed by atoms with van der Waals surface area (Å²) in [6.45, 7) is 4.31. The maximum Gasteiger partial charge on any atom is 0.293 e. The highest BCUT2D eigenvalue weighted by molar-refractivity contribution is 5.83. The number of amides is 1. The number of aromatic nitrogens is 2. The van der Waals surface area contributed by atoms with E-state index >= 15 is 0 Å². The fraction of sp³-hybridized carbons (Fsp3) is 0.545. The molecule has 94 valence electrons. The predicted molar refractivity (Wildman–Crippen MR) is 65.9 cm³/mol. The van der Waals surface area contributed by atoms with Crippen LogP contribution in [0, 0.1) is 0 Å². The molecule has 1 aromatic rings. The van der Waals surface area contributed by atoms with Gasteiger partial charge < -0.3 is 15.2 Å². The number of carbonyl (C=O) groups is 1. The second-order valence-electron chi connectivity index (χ2n) is 3.75. The second-order valence-corrected chi connectivity index (χ2v) is 3.75. The van der Waals surface area contributed by atoms with Crippen LogP contribution in [-0.2, 0) is 11.3 Å². The van der Waals surface area contributed by atoms with Crippen molar-refractivity contribution in [3.8, 4) is 0 Å². The Bertz CT molecular complexity index is 441. The van der Waals surface area contributed by atoms with Crippen LogP contribution in [0.5, 0.6) is 0 Å². The van der Waals surface area contributed by atoms with E-state index in [-0.39, 0.29) is 17.3 Å². The lowest BCUT2D eigenvalue weighted by Gasteiger charge is -2.13. The number of hydrogen-bond donors (Lipinski definition) is 2. The lowest BCUT2D eigenvalue weighted by atomic mass is 10.3. The van der Waals surface area contributed by atoms with Gasteiger partial charge in [-0.05, 0) is 13.3 Å². The van der Waals surface area contributed by atoms with Gasteiger partial charge in [-0.25, -0.2) is 4.98 Å². The lowest BCUT2D eigenvalue weighted by Crippen LogP contribution is -2.38. The molecule has 0 bridgehead atoms. The average molecular weight is 238 g/mol. The lowest BCUT2D eigenvalue weighted by molar-refractivity contribution is -0.121. The highest BCUT2D eigenvalue weighted by Crippen LogP contribution is 1.97. The van der Waals surface area contributed by atoms with Crippen molar-refractivity contribution in [2.45, 2.75) is 32.9 Å². The van der Waals surface area contributed by atoms with E-state index in [2.05, 4.69) is 15.6 Å². The minimum atomic E-state index is -0.488. The third-order valence-electron chi connectivity index (χ3n) is 2.37. The van der Waals surface area contributed by atoms with Crippen molar-refractivity contribution in [2.75, 3.05) is 12.4 Å². The molecule has 0 fully saturated rings. The summed E-state index contributed by atoms with van der Waals surface area (Å²) in [6.07, 6.45) is 4.06. The number of carbonyl (C=O) groups excluding carboxylic acids is 1. The van der Waals surface area contributed by atoms with Gasteiger partial charge in [0.25, 0.3) is 5.56 Å². The van der Waals surface area contributed by atoms with Crippen LogP contribution >= 0.6 is 0 Å². The molecule has 6 heteroatoms. The number of anilines is 1. The molecular formula is C11H18N4O2. The number of likely N-dealkylation sites (N-methyl/N-ethyl adjacent to an activating group) is 1. The van der Waals surface area contributed by atoms with Crippen molar-refractivity contribution in [1.82, 2.24) is 14.9 Å². The summed E-state index contributed by atoms with van der Waals surface area (Å²) in [7, 11) is 1.55. The van der Waals surface area contributed by atoms with Gasteiger partial charge in [-0.1, -0.05) is 6.92 Å². The summed E-state index contributed by atoms with van der Waals surface area (Å²) in [5.41, 5.74) is -0.204. The Morgan fingerprint density at radius 2 is 2.29 bits per heavy atom. The Kier molecular flexibility index (Phi) is 4.68. The van der Waals surface area contributed by atoms with Crippen LogP contribution in [0.15, 0.2) is 17.2 Å². The molecule has 2 N–H and O–H groups in total. The first-order valence-corrected chi connectivity index (χ1v) is 5.63. The largest absolute Gasteiger partial charge is 0.357 e. The Morgan fingerprint density at radius 1 is 1.59 bits per heavy atom. The molecule has 0 aliphatic heterocycles. The Hall–Kier alpha value is -1.85. The molecule has 1 unspecified atom stereocenters. The zero-order valence-electron chi connectivity index (χ0n) is 10.4. The fourth-order valence-corrected chi connectivity index (χ4v) is 1.45. The quantitative estimate of drug-likeness (QED) is 0.768. The van der Waals surface area contributed by atoms with E-state index in [9.17, 15) is 9.59 Å². The molecule has 1 rings (SSSR count). The van der Waals surface area contributed by atoms with Gasteiger partial charge in [0.05, 0.1) is 0 Å². The van der Waals surface area contributed by atoms with Gasteiger partial charge in [-0.3, -0.25) is 9.59 Å². The molecule has 0 saturated carbocycles. The molecule has 0 saturated heterocycles. The van der Waals surface area contributed by atoms with Crippen molar-refractivity contribution in [1.29, 1.82) is 0 Å². The minimum absolute atomic E-state index is 0.183. The van der Waals surface area contributed by atoms with Gasteiger partial charge in [0.1, 0.15) is 6.04 Å². The first-order valence-electron chi connectivity index (χ1n) is 5.63. The van der Waals surface area contributed by atoms with Crippen molar-refractivity contribution in [3.05, 3.63) is 22.7 Å². The van der Waals surface area contributed by atoms with Crippen molar-refractivity contribution < 1.29 is 4.79 Å². The van der Waals surface area contributed by atoms with E-state index in [4.69, 9.17) is 0 Å². The standard InChI is InChI=1S/C11H18N4O2/c1-4-6-15-7-5-13-9(11(15)17)14-8(2)10(16)12-3/h5,7-8H,4,6H2,1-3H3,(H,12,16)(H,13,14). The number of hydrogen-bond acceptors (Lipinski definition) is 4. The maximum atomic E-state index is 11.9. The summed E-state index contributed by atoms with van der Waals surface area (Å²) >= 11 is 0. The number of aryl methyl sites for hydroxylation is 1. The topological polar surface area (TPSA) is 76.0 Å². The van der Waals surface area contributed by atoms with E-state index in [1.807, 2.05) is 6.92 Å². The Balaban J connectivity index is 2.88. The molecule has 1 amide bonds. The molecule has 0 aliphatic carbocycles. The van der Waals surface area contributed by atoms with E-state index < -0.39 is 6.04 Å². The molecule has 1 heterocycles. The average Bonchev–Trinajstić information content (AvgIpc) is 2.33. The van der Waals surface area contributed by atoms with Crippen LogP contribution in [0.1, 0.15) is 20.3 Å². The molecule has 0 radical (unpaired) electrons. The van der Waals surface area contributed by atoms with Crippen LogP contribution in [0.4, 0.5) is 5.82 Å². The summed E-state index contributed by atoms with van der Waals surface area (Å²) < 4.78 is 1.58.